The van der Waals surface area contributed by atoms with Crippen LogP contribution >= 0.6 is 35.9 Å². The predicted molar refractivity (Wildman–Crippen MR) is 92.2 cm³/mol. The van der Waals surface area contributed by atoms with Crippen LogP contribution in [0.15, 0.2) is 24.3 Å². The summed E-state index contributed by atoms with van der Waals surface area (Å²) in [5.41, 5.74) is 2.06. The van der Waals surface area contributed by atoms with Crippen molar-refractivity contribution in [3.05, 3.63) is 35.4 Å². The Morgan fingerprint density at radius 2 is 1.85 bits per heavy atom. The number of benzene rings is 1. The summed E-state index contributed by atoms with van der Waals surface area (Å²) in [6.45, 7) is 1.45. The standard InChI is InChI=1S/C14H20N2OS2.ClH/c1-15-7-8-16-13(17)11-3-5-12(6-4-11)14-18-9-2-10-19-14;/h3-6,14-15H,2,7-10H2,1H3,(H,16,17);1H. The molecule has 1 aromatic carbocycles. The Morgan fingerprint density at radius 3 is 2.45 bits per heavy atom. The largest absolute Gasteiger partial charge is 0.351 e. The van der Waals surface area contributed by atoms with E-state index in [4.69, 9.17) is 0 Å². The molecule has 0 bridgehead atoms. The average molecular weight is 333 g/mol. The molecule has 3 nitrogen and oxygen atoms in total. The van der Waals surface area contributed by atoms with E-state index in [-0.39, 0.29) is 18.3 Å². The van der Waals surface area contributed by atoms with Crippen LogP contribution in [0.5, 0.6) is 0 Å². The van der Waals surface area contributed by atoms with Crippen molar-refractivity contribution in [2.45, 2.75) is 11.0 Å². The number of hydrogen-bond donors (Lipinski definition) is 2. The number of halogens is 1. The summed E-state index contributed by atoms with van der Waals surface area (Å²) in [5.74, 6) is 2.49. The maximum absolute atomic E-state index is 11.9. The molecule has 1 aromatic rings. The lowest BCUT2D eigenvalue weighted by atomic mass is 10.1. The highest BCUT2D eigenvalue weighted by molar-refractivity contribution is 8.16. The zero-order valence-electron chi connectivity index (χ0n) is 11.6. The van der Waals surface area contributed by atoms with Crippen LogP contribution in [0, 0.1) is 0 Å². The number of likely N-dealkylation sites (N-methyl/N-ethyl adjacent to an activating group) is 1. The van der Waals surface area contributed by atoms with Crippen LogP contribution in [0.2, 0.25) is 0 Å². The van der Waals surface area contributed by atoms with Gasteiger partial charge in [-0.15, -0.1) is 35.9 Å². The fourth-order valence-corrected chi connectivity index (χ4v) is 4.77. The molecule has 0 atom stereocenters. The summed E-state index contributed by atoms with van der Waals surface area (Å²) in [4.78, 5) is 11.9. The van der Waals surface area contributed by atoms with Gasteiger partial charge in [-0.1, -0.05) is 12.1 Å². The second kappa shape index (κ2) is 9.55. The molecule has 0 unspecified atom stereocenters. The van der Waals surface area contributed by atoms with E-state index in [1.54, 1.807) is 0 Å². The molecule has 0 aliphatic carbocycles. The molecule has 1 aliphatic heterocycles. The van der Waals surface area contributed by atoms with Crippen molar-refractivity contribution in [3.63, 3.8) is 0 Å². The molecule has 1 saturated heterocycles. The molecule has 112 valence electrons. The zero-order chi connectivity index (χ0) is 13.5. The molecule has 2 N–H and O–H groups in total. The summed E-state index contributed by atoms with van der Waals surface area (Å²) >= 11 is 4.00. The molecule has 0 saturated carbocycles. The van der Waals surface area contributed by atoms with Crippen LogP contribution in [0.1, 0.15) is 26.9 Å². The Kier molecular flexibility index (Phi) is 8.45. The number of carbonyl (C=O) groups is 1. The Bertz CT molecular complexity index is 408. The Morgan fingerprint density at radius 1 is 1.20 bits per heavy atom. The first-order valence-electron chi connectivity index (χ1n) is 6.57. The first-order valence-corrected chi connectivity index (χ1v) is 8.67. The van der Waals surface area contributed by atoms with Gasteiger partial charge < -0.3 is 10.6 Å². The van der Waals surface area contributed by atoms with E-state index in [0.717, 1.165) is 12.1 Å². The lowest BCUT2D eigenvalue weighted by molar-refractivity contribution is 0.0954. The number of nitrogens with one attached hydrogen (secondary N) is 2. The van der Waals surface area contributed by atoms with Gasteiger partial charge in [0, 0.05) is 18.7 Å². The van der Waals surface area contributed by atoms with Crippen LogP contribution in [0.4, 0.5) is 0 Å². The Hall–Kier alpha value is -0.360. The minimum Gasteiger partial charge on any atom is -0.351 e. The van der Waals surface area contributed by atoms with Crippen LogP contribution in [0.25, 0.3) is 0 Å². The maximum Gasteiger partial charge on any atom is 0.251 e. The number of hydrogen-bond acceptors (Lipinski definition) is 4. The van der Waals surface area contributed by atoms with E-state index in [1.807, 2.05) is 42.7 Å². The molecule has 2 rings (SSSR count). The minimum atomic E-state index is 0. The van der Waals surface area contributed by atoms with Crippen LogP contribution in [-0.2, 0) is 0 Å². The van der Waals surface area contributed by atoms with Crippen LogP contribution in [0.3, 0.4) is 0 Å². The molecule has 1 aliphatic rings. The van der Waals surface area contributed by atoms with Crippen molar-refractivity contribution in [3.8, 4) is 0 Å². The number of rotatable bonds is 5. The first kappa shape index (κ1) is 17.7. The lowest BCUT2D eigenvalue weighted by Gasteiger charge is -2.21. The molecule has 1 fully saturated rings. The van der Waals surface area contributed by atoms with Crippen molar-refractivity contribution < 1.29 is 4.79 Å². The molecule has 1 heterocycles. The summed E-state index contributed by atoms with van der Waals surface area (Å²) < 4.78 is 0.537. The zero-order valence-corrected chi connectivity index (χ0v) is 14.0. The van der Waals surface area contributed by atoms with Crippen molar-refractivity contribution in [1.82, 2.24) is 10.6 Å². The summed E-state index contributed by atoms with van der Waals surface area (Å²) in [7, 11) is 1.88. The van der Waals surface area contributed by atoms with E-state index < -0.39 is 0 Å². The summed E-state index contributed by atoms with van der Waals surface area (Å²) in [6.07, 6.45) is 1.30. The number of carbonyl (C=O) groups excluding carboxylic acids is 1. The molecular formula is C14H21ClN2OS2. The first-order chi connectivity index (χ1) is 9.31. The third kappa shape index (κ3) is 5.20. The van der Waals surface area contributed by atoms with Gasteiger partial charge >= 0.3 is 0 Å². The van der Waals surface area contributed by atoms with Crippen LogP contribution < -0.4 is 10.6 Å². The SMILES string of the molecule is CNCCNC(=O)c1ccc(C2SCCCS2)cc1.Cl. The molecular weight excluding hydrogens is 312 g/mol. The predicted octanol–water partition coefficient (Wildman–Crippen LogP) is 2.93. The van der Waals surface area contributed by atoms with Crippen molar-refractivity contribution in [2.24, 2.45) is 0 Å². The average Bonchev–Trinajstić information content (AvgIpc) is 2.48. The smallest absolute Gasteiger partial charge is 0.251 e. The second-order valence-electron chi connectivity index (χ2n) is 4.41. The molecule has 1 amide bonds. The molecule has 0 spiro atoms. The fourth-order valence-electron chi connectivity index (χ4n) is 1.87. The minimum absolute atomic E-state index is 0. The van der Waals surface area contributed by atoms with Gasteiger partial charge in [0.25, 0.3) is 5.91 Å². The van der Waals surface area contributed by atoms with E-state index in [2.05, 4.69) is 22.8 Å². The van der Waals surface area contributed by atoms with Gasteiger partial charge in [-0.3, -0.25) is 4.79 Å². The van der Waals surface area contributed by atoms with Gasteiger partial charge in [0.2, 0.25) is 0 Å². The fraction of sp³-hybridized carbons (Fsp3) is 0.500. The lowest BCUT2D eigenvalue weighted by Crippen LogP contribution is -2.30. The van der Waals surface area contributed by atoms with Crippen molar-refractivity contribution >= 4 is 41.8 Å². The van der Waals surface area contributed by atoms with Gasteiger partial charge in [0.05, 0.1) is 4.58 Å². The monoisotopic (exact) mass is 332 g/mol. The molecule has 20 heavy (non-hydrogen) atoms. The van der Waals surface area contributed by atoms with Crippen LogP contribution in [-0.4, -0.2) is 37.6 Å². The third-order valence-corrected chi connectivity index (χ3v) is 5.95. The Labute approximate surface area is 135 Å². The van der Waals surface area contributed by atoms with E-state index in [0.29, 0.717) is 11.1 Å². The molecule has 6 heteroatoms. The Balaban J connectivity index is 0.00000200. The van der Waals surface area contributed by atoms with Gasteiger partial charge in [-0.2, -0.15) is 0 Å². The highest BCUT2D eigenvalue weighted by Crippen LogP contribution is 2.43. The number of amides is 1. The maximum atomic E-state index is 11.9. The summed E-state index contributed by atoms with van der Waals surface area (Å²) in [6, 6.07) is 8.03. The van der Waals surface area contributed by atoms with E-state index in [9.17, 15) is 4.79 Å². The van der Waals surface area contributed by atoms with E-state index >= 15 is 0 Å². The molecule has 0 aromatic heterocycles. The van der Waals surface area contributed by atoms with Gasteiger partial charge in [-0.05, 0) is 42.7 Å². The highest BCUT2D eigenvalue weighted by Gasteiger charge is 2.16. The van der Waals surface area contributed by atoms with Gasteiger partial charge in [0.15, 0.2) is 0 Å². The second-order valence-corrected chi connectivity index (χ2v) is 7.13. The highest BCUT2D eigenvalue weighted by atomic mass is 35.5. The van der Waals surface area contributed by atoms with Gasteiger partial charge in [0.1, 0.15) is 0 Å². The number of thioether (sulfide) groups is 2. The third-order valence-electron chi connectivity index (χ3n) is 2.93. The topological polar surface area (TPSA) is 41.1 Å². The normalized spacial score (nSPS) is 15.4. The van der Waals surface area contributed by atoms with E-state index in [1.165, 1.54) is 23.5 Å². The summed E-state index contributed by atoms with van der Waals surface area (Å²) in [5, 5.41) is 5.89. The quantitative estimate of drug-likeness (QED) is 0.813. The van der Waals surface area contributed by atoms with Gasteiger partial charge in [-0.25, -0.2) is 0 Å². The molecule has 0 radical (unpaired) electrons. The van der Waals surface area contributed by atoms with Crippen molar-refractivity contribution in [1.29, 1.82) is 0 Å². The van der Waals surface area contributed by atoms with Crippen molar-refractivity contribution in [2.75, 3.05) is 31.6 Å².